The van der Waals surface area contributed by atoms with Gasteiger partial charge < -0.3 is 16.0 Å². The smallest absolute Gasteiger partial charge is 0.251 e. The topological polar surface area (TPSA) is 87.3 Å². The lowest BCUT2D eigenvalue weighted by Gasteiger charge is -2.12. The second-order valence-electron chi connectivity index (χ2n) is 5.97. The first-order valence-corrected chi connectivity index (χ1v) is 7.83. The van der Waals surface area contributed by atoms with Crippen LogP contribution < -0.4 is 16.0 Å². The molecule has 124 valence electrons. The fourth-order valence-corrected chi connectivity index (χ4v) is 2.48. The SMILES string of the molecule is CNC(=O)c1cccc(NC(=O)CCNC(=O)C2CC2C)c1C. The van der Waals surface area contributed by atoms with E-state index in [0.717, 1.165) is 12.0 Å². The third kappa shape index (κ3) is 4.31. The summed E-state index contributed by atoms with van der Waals surface area (Å²) in [4.78, 5) is 35.4. The molecule has 0 aromatic heterocycles. The van der Waals surface area contributed by atoms with E-state index < -0.39 is 0 Å². The molecule has 0 aliphatic heterocycles. The van der Waals surface area contributed by atoms with Crippen molar-refractivity contribution in [1.29, 1.82) is 0 Å². The largest absolute Gasteiger partial charge is 0.355 e. The summed E-state index contributed by atoms with van der Waals surface area (Å²) in [5.74, 6) is 0.224. The van der Waals surface area contributed by atoms with Gasteiger partial charge in [0.2, 0.25) is 11.8 Å². The fraction of sp³-hybridized carbons (Fsp3) is 0.471. The van der Waals surface area contributed by atoms with Crippen molar-refractivity contribution in [2.75, 3.05) is 18.9 Å². The Labute approximate surface area is 136 Å². The molecule has 23 heavy (non-hydrogen) atoms. The summed E-state index contributed by atoms with van der Waals surface area (Å²) in [6, 6.07) is 5.19. The maximum atomic E-state index is 12.0. The fourth-order valence-electron chi connectivity index (χ4n) is 2.48. The highest BCUT2D eigenvalue weighted by molar-refractivity contribution is 5.99. The molecule has 1 fully saturated rings. The van der Waals surface area contributed by atoms with E-state index in [9.17, 15) is 14.4 Å². The Bertz CT molecular complexity index is 628. The van der Waals surface area contributed by atoms with Gasteiger partial charge in [-0.3, -0.25) is 14.4 Å². The number of nitrogens with one attached hydrogen (secondary N) is 3. The second-order valence-corrected chi connectivity index (χ2v) is 5.97. The minimum Gasteiger partial charge on any atom is -0.355 e. The lowest BCUT2D eigenvalue weighted by molar-refractivity contribution is -0.122. The predicted octanol–water partition coefficient (Wildman–Crippen LogP) is 1.46. The number of carbonyl (C=O) groups is 3. The van der Waals surface area contributed by atoms with Crippen molar-refractivity contribution >= 4 is 23.4 Å². The van der Waals surface area contributed by atoms with E-state index in [1.54, 1.807) is 32.2 Å². The van der Waals surface area contributed by atoms with E-state index in [-0.39, 0.29) is 30.1 Å². The van der Waals surface area contributed by atoms with Crippen LogP contribution in [0.4, 0.5) is 5.69 Å². The van der Waals surface area contributed by atoms with Gasteiger partial charge >= 0.3 is 0 Å². The summed E-state index contributed by atoms with van der Waals surface area (Å²) in [7, 11) is 1.57. The van der Waals surface area contributed by atoms with Crippen LogP contribution in [0.25, 0.3) is 0 Å². The molecule has 2 unspecified atom stereocenters. The Morgan fingerprint density at radius 2 is 1.96 bits per heavy atom. The zero-order valence-electron chi connectivity index (χ0n) is 13.7. The molecule has 1 aliphatic rings. The number of hydrogen-bond acceptors (Lipinski definition) is 3. The minimum atomic E-state index is -0.190. The summed E-state index contributed by atoms with van der Waals surface area (Å²) in [5, 5.41) is 8.14. The molecule has 2 atom stereocenters. The van der Waals surface area contributed by atoms with Gasteiger partial charge in [-0.2, -0.15) is 0 Å². The standard InChI is InChI=1S/C17H23N3O3/c1-10-9-13(10)17(23)19-8-7-15(21)20-14-6-4-5-12(11(14)2)16(22)18-3/h4-6,10,13H,7-9H2,1-3H3,(H,18,22)(H,19,23)(H,20,21). The van der Waals surface area contributed by atoms with Crippen LogP contribution in [-0.4, -0.2) is 31.3 Å². The first-order chi connectivity index (χ1) is 10.9. The molecule has 3 amide bonds. The van der Waals surface area contributed by atoms with E-state index in [0.29, 0.717) is 23.7 Å². The molecule has 0 saturated heterocycles. The molecule has 0 spiro atoms. The number of benzene rings is 1. The molecular weight excluding hydrogens is 294 g/mol. The van der Waals surface area contributed by atoms with Crippen molar-refractivity contribution in [3.05, 3.63) is 29.3 Å². The summed E-state index contributed by atoms with van der Waals surface area (Å²) in [5.41, 5.74) is 1.86. The third-order valence-corrected chi connectivity index (χ3v) is 4.18. The first kappa shape index (κ1) is 17.0. The Morgan fingerprint density at radius 3 is 2.57 bits per heavy atom. The van der Waals surface area contributed by atoms with Crippen LogP contribution in [-0.2, 0) is 9.59 Å². The van der Waals surface area contributed by atoms with Gasteiger partial charge in [0.25, 0.3) is 5.91 Å². The molecule has 1 aromatic carbocycles. The van der Waals surface area contributed by atoms with Gasteiger partial charge in [0, 0.05) is 37.2 Å². The maximum absolute atomic E-state index is 12.0. The number of hydrogen-bond donors (Lipinski definition) is 3. The highest BCUT2D eigenvalue weighted by Crippen LogP contribution is 2.37. The lowest BCUT2D eigenvalue weighted by atomic mass is 10.1. The van der Waals surface area contributed by atoms with Gasteiger partial charge in [-0.25, -0.2) is 0 Å². The Morgan fingerprint density at radius 1 is 1.26 bits per heavy atom. The number of anilines is 1. The highest BCUT2D eigenvalue weighted by atomic mass is 16.2. The summed E-state index contributed by atoms with van der Waals surface area (Å²) in [6.45, 7) is 4.15. The van der Waals surface area contributed by atoms with Crippen molar-refractivity contribution in [2.45, 2.75) is 26.7 Å². The molecule has 6 heteroatoms. The van der Waals surface area contributed by atoms with Gasteiger partial charge in [0.15, 0.2) is 0 Å². The van der Waals surface area contributed by atoms with Gasteiger partial charge in [-0.1, -0.05) is 13.0 Å². The lowest BCUT2D eigenvalue weighted by Crippen LogP contribution is -2.29. The van der Waals surface area contributed by atoms with Crippen molar-refractivity contribution in [3.63, 3.8) is 0 Å². The molecule has 6 nitrogen and oxygen atoms in total. The van der Waals surface area contributed by atoms with Gasteiger partial charge in [0.05, 0.1) is 0 Å². The van der Waals surface area contributed by atoms with Gasteiger partial charge in [0.1, 0.15) is 0 Å². The highest BCUT2D eigenvalue weighted by Gasteiger charge is 2.38. The zero-order chi connectivity index (χ0) is 17.0. The Balaban J connectivity index is 1.85. The zero-order valence-corrected chi connectivity index (χ0v) is 13.7. The van der Waals surface area contributed by atoms with E-state index in [1.807, 2.05) is 6.92 Å². The number of rotatable bonds is 6. The molecule has 0 bridgehead atoms. The molecule has 1 aromatic rings. The predicted molar refractivity (Wildman–Crippen MR) is 88.1 cm³/mol. The average molecular weight is 317 g/mol. The molecule has 1 saturated carbocycles. The van der Waals surface area contributed by atoms with Crippen LogP contribution in [0.15, 0.2) is 18.2 Å². The van der Waals surface area contributed by atoms with Crippen molar-refractivity contribution in [3.8, 4) is 0 Å². The van der Waals surface area contributed by atoms with Crippen molar-refractivity contribution in [2.24, 2.45) is 11.8 Å². The van der Waals surface area contributed by atoms with Gasteiger partial charge in [-0.15, -0.1) is 0 Å². The number of carbonyl (C=O) groups excluding carboxylic acids is 3. The first-order valence-electron chi connectivity index (χ1n) is 7.83. The van der Waals surface area contributed by atoms with E-state index >= 15 is 0 Å². The quantitative estimate of drug-likeness (QED) is 0.742. The van der Waals surface area contributed by atoms with Crippen LogP contribution in [0.2, 0.25) is 0 Å². The van der Waals surface area contributed by atoms with Crippen LogP contribution in [0.3, 0.4) is 0 Å². The monoisotopic (exact) mass is 317 g/mol. The minimum absolute atomic E-state index is 0.0306. The summed E-state index contributed by atoms with van der Waals surface area (Å²) in [6.07, 6.45) is 1.14. The molecule has 3 N–H and O–H groups in total. The van der Waals surface area contributed by atoms with Crippen molar-refractivity contribution in [1.82, 2.24) is 10.6 Å². The third-order valence-electron chi connectivity index (χ3n) is 4.18. The molecule has 1 aliphatic carbocycles. The average Bonchev–Trinajstić information content (AvgIpc) is 3.25. The van der Waals surface area contributed by atoms with E-state index in [2.05, 4.69) is 16.0 Å². The van der Waals surface area contributed by atoms with Gasteiger partial charge in [-0.05, 0) is 37.0 Å². The van der Waals surface area contributed by atoms with Crippen LogP contribution in [0.5, 0.6) is 0 Å². The molecular formula is C17H23N3O3. The Kier molecular flexibility index (Phi) is 5.36. The van der Waals surface area contributed by atoms with E-state index in [4.69, 9.17) is 0 Å². The maximum Gasteiger partial charge on any atom is 0.251 e. The number of amides is 3. The normalized spacial score (nSPS) is 18.9. The Hall–Kier alpha value is -2.37. The second kappa shape index (κ2) is 7.26. The van der Waals surface area contributed by atoms with E-state index in [1.165, 1.54) is 0 Å². The molecule has 0 radical (unpaired) electrons. The molecule has 2 rings (SSSR count). The summed E-state index contributed by atoms with van der Waals surface area (Å²) >= 11 is 0. The van der Waals surface area contributed by atoms with Crippen LogP contribution in [0, 0.1) is 18.8 Å². The van der Waals surface area contributed by atoms with Crippen LogP contribution >= 0.6 is 0 Å². The summed E-state index contributed by atoms with van der Waals surface area (Å²) < 4.78 is 0. The van der Waals surface area contributed by atoms with Crippen molar-refractivity contribution < 1.29 is 14.4 Å². The molecule has 0 heterocycles. The van der Waals surface area contributed by atoms with Crippen LogP contribution in [0.1, 0.15) is 35.7 Å².